The Morgan fingerprint density at radius 2 is 2.20 bits per heavy atom. The molecule has 2 aromatic rings. The van der Waals surface area contributed by atoms with Crippen molar-refractivity contribution in [2.75, 3.05) is 19.7 Å². The zero-order valence-corrected chi connectivity index (χ0v) is 11.7. The number of benzene rings is 1. The van der Waals surface area contributed by atoms with Crippen LogP contribution in [0.4, 0.5) is 0 Å². The molecule has 1 unspecified atom stereocenters. The van der Waals surface area contributed by atoms with E-state index in [0.717, 1.165) is 25.4 Å². The summed E-state index contributed by atoms with van der Waals surface area (Å²) in [5.41, 5.74) is 1.33. The van der Waals surface area contributed by atoms with Crippen LogP contribution in [-0.2, 0) is 6.54 Å². The first-order valence-corrected chi connectivity index (χ1v) is 7.32. The van der Waals surface area contributed by atoms with Gasteiger partial charge >= 0.3 is 0 Å². The molecule has 0 spiro atoms. The average Bonchev–Trinajstić information content (AvgIpc) is 2.98. The zero-order chi connectivity index (χ0) is 13.6. The molecule has 1 aromatic heterocycles. The Morgan fingerprint density at radius 1 is 1.30 bits per heavy atom. The highest BCUT2D eigenvalue weighted by Gasteiger charge is 2.18. The molecule has 0 saturated carbocycles. The molecule has 1 aliphatic heterocycles. The minimum Gasteiger partial charge on any atom is -0.492 e. The van der Waals surface area contributed by atoms with Crippen LogP contribution in [0.5, 0.6) is 5.75 Å². The molecule has 0 aliphatic carbocycles. The summed E-state index contributed by atoms with van der Waals surface area (Å²) in [4.78, 5) is 4.30. The van der Waals surface area contributed by atoms with Gasteiger partial charge in [-0.3, -0.25) is 0 Å². The molecular weight excluding hydrogens is 250 g/mol. The third kappa shape index (κ3) is 3.20. The predicted octanol–water partition coefficient (Wildman–Crippen LogP) is 2.43. The molecule has 3 rings (SSSR count). The summed E-state index contributed by atoms with van der Waals surface area (Å²) in [6.07, 6.45) is 6.41. The van der Waals surface area contributed by atoms with Gasteiger partial charge in [0.1, 0.15) is 12.4 Å². The summed E-state index contributed by atoms with van der Waals surface area (Å²) in [5, 5.41) is 3.46. The highest BCUT2D eigenvalue weighted by molar-refractivity contribution is 5.20. The Labute approximate surface area is 119 Å². The van der Waals surface area contributed by atoms with Crippen molar-refractivity contribution in [2.45, 2.75) is 25.3 Å². The topological polar surface area (TPSA) is 39.1 Å². The molecule has 0 radical (unpaired) electrons. The van der Waals surface area contributed by atoms with E-state index in [-0.39, 0.29) is 0 Å². The van der Waals surface area contributed by atoms with Crippen LogP contribution in [0.1, 0.15) is 24.5 Å². The standard InChI is InChI=1S/C16H21N3O/c1-2-6-15(7-3-1)20-10-9-19-13-18-12-16(19)14-5-4-8-17-11-14/h1-3,6-7,12-14,17H,4-5,8-11H2. The number of piperidine rings is 1. The summed E-state index contributed by atoms with van der Waals surface area (Å²) in [6, 6.07) is 9.95. The molecule has 1 aromatic carbocycles. The summed E-state index contributed by atoms with van der Waals surface area (Å²) in [5.74, 6) is 1.51. The predicted molar refractivity (Wildman–Crippen MR) is 79.0 cm³/mol. The van der Waals surface area contributed by atoms with E-state index >= 15 is 0 Å². The maximum absolute atomic E-state index is 5.76. The molecule has 1 saturated heterocycles. The van der Waals surface area contributed by atoms with Crippen molar-refractivity contribution >= 4 is 0 Å². The van der Waals surface area contributed by atoms with Crippen molar-refractivity contribution in [3.05, 3.63) is 48.5 Å². The molecule has 0 bridgehead atoms. The van der Waals surface area contributed by atoms with Crippen LogP contribution in [0.15, 0.2) is 42.9 Å². The van der Waals surface area contributed by atoms with Crippen LogP contribution in [-0.4, -0.2) is 29.2 Å². The Kier molecular flexibility index (Phi) is 4.33. The molecule has 1 aliphatic rings. The second-order valence-electron chi connectivity index (χ2n) is 5.22. The van der Waals surface area contributed by atoms with E-state index in [1.807, 2.05) is 42.9 Å². The molecule has 2 heterocycles. The van der Waals surface area contributed by atoms with E-state index in [1.165, 1.54) is 18.5 Å². The largest absolute Gasteiger partial charge is 0.492 e. The van der Waals surface area contributed by atoms with Crippen molar-refractivity contribution in [3.63, 3.8) is 0 Å². The first-order valence-electron chi connectivity index (χ1n) is 7.32. The Morgan fingerprint density at radius 3 is 3.00 bits per heavy atom. The normalized spacial score (nSPS) is 18.9. The van der Waals surface area contributed by atoms with Crippen LogP contribution < -0.4 is 10.1 Å². The van der Waals surface area contributed by atoms with Gasteiger partial charge in [-0.25, -0.2) is 4.98 Å². The molecule has 4 heteroatoms. The highest BCUT2D eigenvalue weighted by Crippen LogP contribution is 2.22. The monoisotopic (exact) mass is 271 g/mol. The van der Waals surface area contributed by atoms with Crippen LogP contribution in [0.3, 0.4) is 0 Å². The average molecular weight is 271 g/mol. The number of ether oxygens (including phenoxy) is 1. The SMILES string of the molecule is c1ccc(OCCn2cncc2C2CCCNC2)cc1. The Bertz CT molecular complexity index is 518. The van der Waals surface area contributed by atoms with E-state index < -0.39 is 0 Å². The van der Waals surface area contributed by atoms with E-state index in [2.05, 4.69) is 14.9 Å². The second-order valence-corrected chi connectivity index (χ2v) is 5.22. The molecule has 4 nitrogen and oxygen atoms in total. The number of nitrogens with zero attached hydrogens (tertiary/aromatic N) is 2. The van der Waals surface area contributed by atoms with Crippen molar-refractivity contribution in [1.29, 1.82) is 0 Å². The summed E-state index contributed by atoms with van der Waals surface area (Å²) >= 11 is 0. The fourth-order valence-electron chi connectivity index (χ4n) is 2.74. The lowest BCUT2D eigenvalue weighted by molar-refractivity contribution is 0.294. The maximum Gasteiger partial charge on any atom is 0.119 e. The molecule has 106 valence electrons. The lowest BCUT2D eigenvalue weighted by Crippen LogP contribution is -2.29. The quantitative estimate of drug-likeness (QED) is 0.908. The minimum atomic E-state index is 0.586. The van der Waals surface area contributed by atoms with Crippen molar-refractivity contribution in [3.8, 4) is 5.75 Å². The maximum atomic E-state index is 5.76. The summed E-state index contributed by atoms with van der Waals surface area (Å²) in [6.45, 7) is 3.72. The molecule has 1 N–H and O–H groups in total. The minimum absolute atomic E-state index is 0.586. The molecule has 1 fully saturated rings. The van der Waals surface area contributed by atoms with Gasteiger partial charge in [-0.15, -0.1) is 0 Å². The second kappa shape index (κ2) is 6.57. The smallest absolute Gasteiger partial charge is 0.119 e. The van der Waals surface area contributed by atoms with E-state index in [1.54, 1.807) is 0 Å². The number of hydrogen-bond acceptors (Lipinski definition) is 3. The zero-order valence-electron chi connectivity index (χ0n) is 11.7. The Balaban J connectivity index is 1.56. The van der Waals surface area contributed by atoms with Crippen LogP contribution in [0, 0.1) is 0 Å². The fraction of sp³-hybridized carbons (Fsp3) is 0.438. The van der Waals surface area contributed by atoms with Gasteiger partial charge in [0.15, 0.2) is 0 Å². The third-order valence-corrected chi connectivity index (χ3v) is 3.80. The van der Waals surface area contributed by atoms with Gasteiger partial charge < -0.3 is 14.6 Å². The first kappa shape index (κ1) is 13.2. The van der Waals surface area contributed by atoms with Gasteiger partial charge in [-0.2, -0.15) is 0 Å². The number of rotatable bonds is 5. The summed E-state index contributed by atoms with van der Waals surface area (Å²) in [7, 11) is 0. The molecule has 1 atom stereocenters. The molecular formula is C16H21N3O. The van der Waals surface area contributed by atoms with Crippen molar-refractivity contribution < 1.29 is 4.74 Å². The lowest BCUT2D eigenvalue weighted by Gasteiger charge is -2.23. The van der Waals surface area contributed by atoms with Crippen LogP contribution in [0.2, 0.25) is 0 Å². The fourth-order valence-corrected chi connectivity index (χ4v) is 2.74. The van der Waals surface area contributed by atoms with Crippen LogP contribution in [0.25, 0.3) is 0 Å². The van der Waals surface area contributed by atoms with Gasteiger partial charge in [0.05, 0.1) is 12.9 Å². The summed E-state index contributed by atoms with van der Waals surface area (Å²) < 4.78 is 7.98. The van der Waals surface area contributed by atoms with E-state index in [9.17, 15) is 0 Å². The van der Waals surface area contributed by atoms with E-state index in [0.29, 0.717) is 12.5 Å². The molecule has 0 amide bonds. The first-order chi connectivity index (χ1) is 9.93. The number of aromatic nitrogens is 2. The van der Waals surface area contributed by atoms with Gasteiger partial charge in [0.25, 0.3) is 0 Å². The Hall–Kier alpha value is -1.81. The highest BCUT2D eigenvalue weighted by atomic mass is 16.5. The van der Waals surface area contributed by atoms with Crippen molar-refractivity contribution in [2.24, 2.45) is 0 Å². The number of para-hydroxylation sites is 1. The number of hydrogen-bond donors (Lipinski definition) is 1. The van der Waals surface area contributed by atoms with Gasteiger partial charge in [0.2, 0.25) is 0 Å². The van der Waals surface area contributed by atoms with Gasteiger partial charge in [-0.05, 0) is 31.5 Å². The number of nitrogens with one attached hydrogen (secondary N) is 1. The van der Waals surface area contributed by atoms with Crippen molar-refractivity contribution in [1.82, 2.24) is 14.9 Å². The van der Waals surface area contributed by atoms with Gasteiger partial charge in [-0.1, -0.05) is 18.2 Å². The van der Waals surface area contributed by atoms with Gasteiger partial charge in [0, 0.05) is 24.4 Å². The molecule has 20 heavy (non-hydrogen) atoms. The van der Waals surface area contributed by atoms with Crippen LogP contribution >= 0.6 is 0 Å². The third-order valence-electron chi connectivity index (χ3n) is 3.80. The lowest BCUT2D eigenvalue weighted by atomic mass is 9.96. The van der Waals surface area contributed by atoms with E-state index in [4.69, 9.17) is 4.74 Å². The number of imidazole rings is 1.